The molecule has 0 fully saturated rings. The van der Waals surface area contributed by atoms with Crippen molar-refractivity contribution in [2.75, 3.05) is 4.72 Å². The molecule has 0 aliphatic heterocycles. The Bertz CT molecular complexity index is 875. The first-order valence-electron chi connectivity index (χ1n) is 6.43. The highest BCUT2D eigenvalue weighted by molar-refractivity contribution is 7.92. The van der Waals surface area contributed by atoms with Gasteiger partial charge in [-0.3, -0.25) is 4.72 Å². The predicted octanol–water partition coefficient (Wildman–Crippen LogP) is 3.33. The number of benzene rings is 2. The second kappa shape index (κ2) is 5.82. The maximum atomic E-state index is 12.3. The molecule has 0 atom stereocenters. The lowest BCUT2D eigenvalue weighted by molar-refractivity contribution is 0.601. The molecule has 1 heterocycles. The zero-order chi connectivity index (χ0) is 15.6. The Hall–Kier alpha value is -2.31. The minimum absolute atomic E-state index is 0.154. The van der Waals surface area contributed by atoms with Gasteiger partial charge in [0.2, 0.25) is 0 Å². The van der Waals surface area contributed by atoms with Crippen LogP contribution in [0, 0.1) is 0 Å². The van der Waals surface area contributed by atoms with Crippen molar-refractivity contribution >= 4 is 27.3 Å². The van der Waals surface area contributed by atoms with E-state index in [0.717, 1.165) is 5.69 Å². The van der Waals surface area contributed by atoms with Crippen LogP contribution in [0.1, 0.15) is 0 Å². The van der Waals surface area contributed by atoms with Crippen LogP contribution in [0.25, 0.3) is 5.69 Å². The van der Waals surface area contributed by atoms with Gasteiger partial charge in [-0.05, 0) is 48.5 Å². The molecule has 3 rings (SSSR count). The lowest BCUT2D eigenvalue weighted by Crippen LogP contribution is -2.13. The second-order valence-corrected chi connectivity index (χ2v) is 6.68. The fraction of sp³-hybridized carbons (Fsp3) is 0. The van der Waals surface area contributed by atoms with E-state index in [4.69, 9.17) is 11.6 Å². The van der Waals surface area contributed by atoms with E-state index in [0.29, 0.717) is 10.7 Å². The molecule has 2 aromatic carbocycles. The lowest BCUT2D eigenvalue weighted by Gasteiger charge is -2.09. The van der Waals surface area contributed by atoms with E-state index < -0.39 is 10.0 Å². The largest absolute Gasteiger partial charge is 0.280 e. The number of sulfonamides is 1. The van der Waals surface area contributed by atoms with Crippen molar-refractivity contribution in [2.24, 2.45) is 0 Å². The Morgan fingerprint density at radius 3 is 2.50 bits per heavy atom. The average molecular weight is 334 g/mol. The van der Waals surface area contributed by atoms with Crippen LogP contribution in [0.15, 0.2) is 71.9 Å². The van der Waals surface area contributed by atoms with E-state index in [9.17, 15) is 8.42 Å². The standard InChI is InChI=1S/C15H12ClN3O2S/c16-12-5-7-15(8-6-12)22(20,21)18-13-3-1-4-14(11-13)19-10-2-9-17-19/h1-11,18H. The van der Waals surface area contributed by atoms with Crippen molar-refractivity contribution in [3.05, 3.63) is 72.0 Å². The summed E-state index contributed by atoms with van der Waals surface area (Å²) in [5, 5.41) is 4.60. The van der Waals surface area contributed by atoms with Crippen LogP contribution >= 0.6 is 11.6 Å². The fourth-order valence-electron chi connectivity index (χ4n) is 1.96. The highest BCUT2D eigenvalue weighted by Crippen LogP contribution is 2.20. The fourth-order valence-corrected chi connectivity index (χ4v) is 3.14. The van der Waals surface area contributed by atoms with Crippen molar-refractivity contribution in [3.8, 4) is 5.69 Å². The first-order valence-corrected chi connectivity index (χ1v) is 8.29. The molecule has 0 aliphatic rings. The number of anilines is 1. The SMILES string of the molecule is O=S(=O)(Nc1cccc(-n2cccn2)c1)c1ccc(Cl)cc1. The third kappa shape index (κ3) is 3.13. The maximum Gasteiger partial charge on any atom is 0.261 e. The van der Waals surface area contributed by atoms with Gasteiger partial charge in [-0.15, -0.1) is 0 Å². The first kappa shape index (κ1) is 14.6. The third-order valence-corrected chi connectivity index (χ3v) is 4.64. The van der Waals surface area contributed by atoms with Crippen molar-refractivity contribution < 1.29 is 8.42 Å². The summed E-state index contributed by atoms with van der Waals surface area (Å²) in [6, 6.07) is 14.8. The second-order valence-electron chi connectivity index (χ2n) is 4.56. The maximum absolute atomic E-state index is 12.3. The van der Waals surface area contributed by atoms with Crippen LogP contribution in [-0.2, 0) is 10.0 Å². The van der Waals surface area contributed by atoms with Gasteiger partial charge in [-0.25, -0.2) is 13.1 Å². The zero-order valence-electron chi connectivity index (χ0n) is 11.3. The molecule has 1 aromatic heterocycles. The van der Waals surface area contributed by atoms with Crippen molar-refractivity contribution in [1.29, 1.82) is 0 Å². The molecule has 112 valence electrons. The van der Waals surface area contributed by atoms with Gasteiger partial charge in [0.15, 0.2) is 0 Å². The van der Waals surface area contributed by atoms with Crippen LogP contribution in [0.5, 0.6) is 0 Å². The molecule has 5 nitrogen and oxygen atoms in total. The van der Waals surface area contributed by atoms with E-state index in [-0.39, 0.29) is 4.90 Å². The van der Waals surface area contributed by atoms with Gasteiger partial charge < -0.3 is 0 Å². The van der Waals surface area contributed by atoms with Crippen molar-refractivity contribution in [1.82, 2.24) is 9.78 Å². The third-order valence-electron chi connectivity index (χ3n) is 2.99. The molecule has 0 unspecified atom stereocenters. The summed E-state index contributed by atoms with van der Waals surface area (Å²) in [6.45, 7) is 0. The lowest BCUT2D eigenvalue weighted by atomic mass is 10.3. The van der Waals surface area contributed by atoms with Gasteiger partial charge in [0.1, 0.15) is 0 Å². The number of hydrogen-bond acceptors (Lipinski definition) is 3. The Balaban J connectivity index is 1.89. The molecule has 0 saturated heterocycles. The highest BCUT2D eigenvalue weighted by Gasteiger charge is 2.14. The van der Waals surface area contributed by atoms with E-state index in [2.05, 4.69) is 9.82 Å². The smallest absolute Gasteiger partial charge is 0.261 e. The molecule has 3 aromatic rings. The van der Waals surface area contributed by atoms with Gasteiger partial charge in [0.25, 0.3) is 10.0 Å². The number of halogens is 1. The molecule has 22 heavy (non-hydrogen) atoms. The number of rotatable bonds is 4. The van der Waals surface area contributed by atoms with Crippen LogP contribution in [0.3, 0.4) is 0 Å². The van der Waals surface area contributed by atoms with Crippen LogP contribution < -0.4 is 4.72 Å². The molecule has 1 N–H and O–H groups in total. The summed E-state index contributed by atoms with van der Waals surface area (Å²) >= 11 is 5.77. The molecule has 0 bridgehead atoms. The topological polar surface area (TPSA) is 64.0 Å². The van der Waals surface area contributed by atoms with Gasteiger partial charge in [-0.2, -0.15) is 5.10 Å². The van der Waals surface area contributed by atoms with Crippen LogP contribution in [0.4, 0.5) is 5.69 Å². The Morgan fingerprint density at radius 1 is 1.05 bits per heavy atom. The summed E-state index contributed by atoms with van der Waals surface area (Å²) in [5.74, 6) is 0. The van der Waals surface area contributed by atoms with Crippen LogP contribution in [0.2, 0.25) is 5.02 Å². The molecule has 7 heteroatoms. The van der Waals surface area contributed by atoms with Gasteiger partial charge in [0, 0.05) is 17.4 Å². The Kier molecular flexibility index (Phi) is 3.87. The average Bonchev–Trinajstić information content (AvgIpc) is 3.02. The normalized spacial score (nSPS) is 11.3. The van der Waals surface area contributed by atoms with E-state index in [1.54, 1.807) is 41.3 Å². The van der Waals surface area contributed by atoms with Gasteiger partial charge in [0.05, 0.1) is 16.3 Å². The number of nitrogens with one attached hydrogen (secondary N) is 1. The Morgan fingerprint density at radius 2 is 1.82 bits per heavy atom. The summed E-state index contributed by atoms with van der Waals surface area (Å²) in [6.07, 6.45) is 3.44. The van der Waals surface area contributed by atoms with Crippen molar-refractivity contribution in [3.63, 3.8) is 0 Å². The summed E-state index contributed by atoms with van der Waals surface area (Å²) in [7, 11) is -3.65. The van der Waals surface area contributed by atoms with Gasteiger partial charge >= 0.3 is 0 Å². The summed E-state index contributed by atoms with van der Waals surface area (Å²) in [4.78, 5) is 0.154. The molecule has 0 radical (unpaired) electrons. The first-order chi connectivity index (χ1) is 10.5. The molecule has 0 amide bonds. The molecular formula is C15H12ClN3O2S. The van der Waals surface area contributed by atoms with E-state index >= 15 is 0 Å². The minimum atomic E-state index is -3.65. The summed E-state index contributed by atoms with van der Waals surface area (Å²) in [5.41, 5.74) is 1.23. The predicted molar refractivity (Wildman–Crippen MR) is 85.8 cm³/mol. The summed E-state index contributed by atoms with van der Waals surface area (Å²) < 4.78 is 28.9. The molecule has 0 saturated carbocycles. The van der Waals surface area contributed by atoms with Crippen molar-refractivity contribution in [2.45, 2.75) is 4.90 Å². The Labute approximate surface area is 133 Å². The number of hydrogen-bond donors (Lipinski definition) is 1. The van der Waals surface area contributed by atoms with Gasteiger partial charge in [-0.1, -0.05) is 17.7 Å². The zero-order valence-corrected chi connectivity index (χ0v) is 12.9. The van der Waals surface area contributed by atoms with E-state index in [1.807, 2.05) is 6.07 Å². The molecule has 0 aliphatic carbocycles. The monoisotopic (exact) mass is 333 g/mol. The quantitative estimate of drug-likeness (QED) is 0.796. The van der Waals surface area contributed by atoms with E-state index in [1.165, 1.54) is 24.3 Å². The minimum Gasteiger partial charge on any atom is -0.280 e. The molecule has 0 spiro atoms. The highest BCUT2D eigenvalue weighted by atomic mass is 35.5. The number of nitrogens with zero attached hydrogens (tertiary/aromatic N) is 2. The van der Waals surface area contributed by atoms with Crippen LogP contribution in [-0.4, -0.2) is 18.2 Å². The molecular weight excluding hydrogens is 322 g/mol. The number of aromatic nitrogens is 2.